The van der Waals surface area contributed by atoms with Crippen LogP contribution in [0.2, 0.25) is 0 Å². The lowest BCUT2D eigenvalue weighted by Crippen LogP contribution is -2.16. The summed E-state index contributed by atoms with van der Waals surface area (Å²) in [5, 5.41) is 3.46. The van der Waals surface area contributed by atoms with E-state index in [1.807, 2.05) is 31.0 Å². The van der Waals surface area contributed by atoms with E-state index in [-0.39, 0.29) is 0 Å². The van der Waals surface area contributed by atoms with Crippen LogP contribution in [-0.4, -0.2) is 14.5 Å². The van der Waals surface area contributed by atoms with Crippen molar-refractivity contribution in [3.63, 3.8) is 0 Å². The van der Waals surface area contributed by atoms with E-state index >= 15 is 0 Å². The van der Waals surface area contributed by atoms with Gasteiger partial charge in [-0.25, -0.2) is 4.98 Å². The minimum atomic E-state index is 0.792. The SMILES string of the molecule is Cc1cncc(CNCc2cncn2Cc2ccccc2)c1. The molecule has 4 nitrogen and oxygen atoms in total. The molecule has 0 atom stereocenters. The molecule has 0 amide bonds. The van der Waals surface area contributed by atoms with Crippen LogP contribution in [0.4, 0.5) is 0 Å². The third-order valence-electron chi connectivity index (χ3n) is 3.56. The van der Waals surface area contributed by atoms with E-state index in [9.17, 15) is 0 Å². The van der Waals surface area contributed by atoms with Gasteiger partial charge in [0.05, 0.1) is 12.0 Å². The van der Waals surface area contributed by atoms with Gasteiger partial charge in [0, 0.05) is 38.2 Å². The Morgan fingerprint density at radius 3 is 2.64 bits per heavy atom. The number of imidazole rings is 1. The fourth-order valence-corrected chi connectivity index (χ4v) is 2.47. The van der Waals surface area contributed by atoms with Crippen molar-refractivity contribution in [2.24, 2.45) is 0 Å². The fourth-order valence-electron chi connectivity index (χ4n) is 2.47. The van der Waals surface area contributed by atoms with E-state index in [2.05, 4.69) is 57.1 Å². The minimum Gasteiger partial charge on any atom is -0.329 e. The van der Waals surface area contributed by atoms with Crippen molar-refractivity contribution in [2.45, 2.75) is 26.6 Å². The minimum absolute atomic E-state index is 0.792. The van der Waals surface area contributed by atoms with Crippen LogP contribution in [-0.2, 0) is 19.6 Å². The molecular formula is C18H20N4. The van der Waals surface area contributed by atoms with E-state index in [0.29, 0.717) is 0 Å². The van der Waals surface area contributed by atoms with Crippen molar-refractivity contribution in [1.82, 2.24) is 19.9 Å². The van der Waals surface area contributed by atoms with Gasteiger partial charge >= 0.3 is 0 Å². The molecule has 0 aliphatic heterocycles. The lowest BCUT2D eigenvalue weighted by molar-refractivity contribution is 0.636. The maximum atomic E-state index is 4.27. The number of aryl methyl sites for hydroxylation is 1. The molecule has 0 saturated carbocycles. The molecule has 2 heterocycles. The van der Waals surface area contributed by atoms with Crippen LogP contribution in [0.25, 0.3) is 0 Å². The first-order valence-corrected chi connectivity index (χ1v) is 7.45. The summed E-state index contributed by atoms with van der Waals surface area (Å²) in [5.74, 6) is 0. The second-order valence-electron chi connectivity index (χ2n) is 5.47. The molecule has 112 valence electrons. The van der Waals surface area contributed by atoms with E-state index in [4.69, 9.17) is 0 Å². The summed E-state index contributed by atoms with van der Waals surface area (Å²) in [6.07, 6.45) is 7.59. The summed E-state index contributed by atoms with van der Waals surface area (Å²) >= 11 is 0. The molecule has 3 aromatic rings. The number of aromatic nitrogens is 3. The first kappa shape index (κ1) is 14.5. The number of pyridine rings is 1. The normalized spacial score (nSPS) is 10.8. The molecule has 0 unspecified atom stereocenters. The number of rotatable bonds is 6. The van der Waals surface area contributed by atoms with Crippen LogP contribution in [0.15, 0.2) is 61.3 Å². The molecule has 0 bridgehead atoms. The standard InChI is InChI=1S/C18H20N4/c1-15-7-17(9-19-8-15)10-20-11-18-12-21-14-22(18)13-16-5-3-2-4-6-16/h2-9,12,14,20H,10-11,13H2,1H3. The lowest BCUT2D eigenvalue weighted by atomic mass is 10.2. The molecule has 0 aliphatic rings. The maximum Gasteiger partial charge on any atom is 0.0951 e. The quantitative estimate of drug-likeness (QED) is 0.759. The Labute approximate surface area is 130 Å². The molecule has 0 fully saturated rings. The topological polar surface area (TPSA) is 42.7 Å². The van der Waals surface area contributed by atoms with Gasteiger partial charge < -0.3 is 9.88 Å². The molecule has 0 aliphatic carbocycles. The Hall–Kier alpha value is -2.46. The summed E-state index contributed by atoms with van der Waals surface area (Å²) < 4.78 is 2.18. The van der Waals surface area contributed by atoms with E-state index in [1.54, 1.807) is 0 Å². The maximum absolute atomic E-state index is 4.27. The predicted molar refractivity (Wildman–Crippen MR) is 87.3 cm³/mol. The van der Waals surface area contributed by atoms with Crippen molar-refractivity contribution in [2.75, 3.05) is 0 Å². The van der Waals surface area contributed by atoms with Crippen molar-refractivity contribution < 1.29 is 0 Å². The van der Waals surface area contributed by atoms with Gasteiger partial charge in [0.15, 0.2) is 0 Å². The van der Waals surface area contributed by atoms with Gasteiger partial charge in [-0.15, -0.1) is 0 Å². The molecule has 0 radical (unpaired) electrons. The molecule has 2 aromatic heterocycles. The Morgan fingerprint density at radius 1 is 0.955 bits per heavy atom. The van der Waals surface area contributed by atoms with E-state index in [1.165, 1.54) is 22.4 Å². The monoisotopic (exact) mass is 292 g/mol. The largest absolute Gasteiger partial charge is 0.329 e. The summed E-state index contributed by atoms with van der Waals surface area (Å²) in [5.41, 5.74) is 4.86. The number of nitrogens with one attached hydrogen (secondary N) is 1. The average Bonchev–Trinajstić information content (AvgIpc) is 2.96. The second kappa shape index (κ2) is 7.00. The summed E-state index contributed by atoms with van der Waals surface area (Å²) in [6.45, 7) is 4.52. The van der Waals surface area contributed by atoms with Gasteiger partial charge in [-0.2, -0.15) is 0 Å². The summed E-state index contributed by atoms with van der Waals surface area (Å²) in [4.78, 5) is 8.48. The lowest BCUT2D eigenvalue weighted by Gasteiger charge is -2.09. The molecule has 0 saturated heterocycles. The summed E-state index contributed by atoms with van der Waals surface area (Å²) in [6, 6.07) is 12.6. The first-order chi connectivity index (χ1) is 10.8. The highest BCUT2D eigenvalue weighted by Crippen LogP contribution is 2.07. The smallest absolute Gasteiger partial charge is 0.0951 e. The van der Waals surface area contributed by atoms with Crippen LogP contribution in [0.5, 0.6) is 0 Å². The van der Waals surface area contributed by atoms with Crippen LogP contribution >= 0.6 is 0 Å². The van der Waals surface area contributed by atoms with Crippen molar-refractivity contribution in [1.29, 1.82) is 0 Å². The van der Waals surface area contributed by atoms with Gasteiger partial charge in [0.1, 0.15) is 0 Å². The zero-order chi connectivity index (χ0) is 15.2. The molecule has 0 spiro atoms. The van der Waals surface area contributed by atoms with Crippen molar-refractivity contribution in [3.8, 4) is 0 Å². The van der Waals surface area contributed by atoms with E-state index in [0.717, 1.165) is 19.6 Å². The number of nitrogens with zero attached hydrogens (tertiary/aromatic N) is 3. The third kappa shape index (κ3) is 3.80. The van der Waals surface area contributed by atoms with Gasteiger partial charge in [0.2, 0.25) is 0 Å². The van der Waals surface area contributed by atoms with Crippen molar-refractivity contribution in [3.05, 3.63) is 83.7 Å². The Balaban J connectivity index is 1.58. The Bertz CT molecular complexity index is 719. The van der Waals surface area contributed by atoms with Gasteiger partial charge in [-0.1, -0.05) is 36.4 Å². The van der Waals surface area contributed by atoms with Crippen LogP contribution in [0, 0.1) is 6.92 Å². The zero-order valence-electron chi connectivity index (χ0n) is 12.7. The average molecular weight is 292 g/mol. The van der Waals surface area contributed by atoms with Gasteiger partial charge in [-0.05, 0) is 23.6 Å². The highest BCUT2D eigenvalue weighted by Gasteiger charge is 2.03. The van der Waals surface area contributed by atoms with Crippen LogP contribution in [0.3, 0.4) is 0 Å². The molecule has 3 rings (SSSR count). The van der Waals surface area contributed by atoms with Crippen LogP contribution in [0.1, 0.15) is 22.4 Å². The predicted octanol–water partition coefficient (Wildman–Crippen LogP) is 2.92. The fraction of sp³-hybridized carbons (Fsp3) is 0.222. The molecule has 4 heteroatoms. The summed E-state index contributed by atoms with van der Waals surface area (Å²) in [7, 11) is 0. The number of hydrogen-bond donors (Lipinski definition) is 1. The number of hydrogen-bond acceptors (Lipinski definition) is 3. The highest BCUT2D eigenvalue weighted by molar-refractivity contribution is 5.17. The Morgan fingerprint density at radius 2 is 1.82 bits per heavy atom. The zero-order valence-corrected chi connectivity index (χ0v) is 12.7. The highest BCUT2D eigenvalue weighted by atomic mass is 15.1. The van der Waals surface area contributed by atoms with E-state index < -0.39 is 0 Å². The second-order valence-corrected chi connectivity index (χ2v) is 5.47. The molecule has 1 aromatic carbocycles. The van der Waals surface area contributed by atoms with Crippen LogP contribution < -0.4 is 5.32 Å². The number of benzene rings is 1. The third-order valence-corrected chi connectivity index (χ3v) is 3.56. The van der Waals surface area contributed by atoms with Gasteiger partial charge in [-0.3, -0.25) is 4.98 Å². The first-order valence-electron chi connectivity index (χ1n) is 7.45. The van der Waals surface area contributed by atoms with Gasteiger partial charge in [0.25, 0.3) is 0 Å². The Kier molecular flexibility index (Phi) is 4.61. The molecular weight excluding hydrogens is 272 g/mol. The molecule has 1 N–H and O–H groups in total. The molecule has 22 heavy (non-hydrogen) atoms. The van der Waals surface area contributed by atoms with Crippen molar-refractivity contribution >= 4 is 0 Å².